The average molecular weight is 313 g/mol. The molecule has 2 heterocycles. The van der Waals surface area contributed by atoms with E-state index >= 15 is 0 Å². The van der Waals surface area contributed by atoms with E-state index in [0.29, 0.717) is 0 Å². The summed E-state index contributed by atoms with van der Waals surface area (Å²) in [5.41, 5.74) is 1.07. The zero-order chi connectivity index (χ0) is 12.6. The number of hydrogen-bond acceptors (Lipinski definition) is 3. The van der Waals surface area contributed by atoms with Gasteiger partial charge in [0.05, 0.1) is 11.4 Å². The van der Waals surface area contributed by atoms with E-state index < -0.39 is 0 Å². The molecule has 0 saturated carbocycles. The van der Waals surface area contributed by atoms with Crippen LogP contribution in [0.2, 0.25) is 0 Å². The van der Waals surface area contributed by atoms with Crippen molar-refractivity contribution >= 4 is 27.3 Å². The zero-order valence-corrected chi connectivity index (χ0v) is 12.6. The second-order valence-corrected chi connectivity index (χ2v) is 6.27. The van der Waals surface area contributed by atoms with Crippen LogP contribution in [0.3, 0.4) is 0 Å². The first-order chi connectivity index (χ1) is 7.98. The summed E-state index contributed by atoms with van der Waals surface area (Å²) in [6.45, 7) is 10.4. The van der Waals surface area contributed by atoms with Gasteiger partial charge < -0.3 is 10.2 Å². The SMILES string of the molecule is C=C1CC(CC)(c2cc(Br)cs2)NC(=C)N1C. The molecule has 1 saturated heterocycles. The van der Waals surface area contributed by atoms with Gasteiger partial charge in [0.25, 0.3) is 0 Å². The molecule has 17 heavy (non-hydrogen) atoms. The fourth-order valence-electron chi connectivity index (χ4n) is 2.16. The number of rotatable bonds is 2. The van der Waals surface area contributed by atoms with Crippen LogP contribution in [0.5, 0.6) is 0 Å². The van der Waals surface area contributed by atoms with Gasteiger partial charge in [0.1, 0.15) is 0 Å². The van der Waals surface area contributed by atoms with Crippen molar-refractivity contribution in [2.24, 2.45) is 0 Å². The molecule has 0 amide bonds. The highest BCUT2D eigenvalue weighted by atomic mass is 79.9. The number of halogens is 1. The molecule has 1 unspecified atom stereocenters. The Hall–Kier alpha value is -0.740. The molecular formula is C13H17BrN2S. The Balaban J connectivity index is 2.39. The van der Waals surface area contributed by atoms with Gasteiger partial charge in [-0.05, 0) is 28.4 Å². The van der Waals surface area contributed by atoms with Crippen LogP contribution in [0.15, 0.2) is 40.6 Å². The molecule has 0 bridgehead atoms. The number of nitrogens with zero attached hydrogens (tertiary/aromatic N) is 1. The molecule has 1 aromatic heterocycles. The van der Waals surface area contributed by atoms with Gasteiger partial charge in [0.15, 0.2) is 0 Å². The molecule has 92 valence electrons. The summed E-state index contributed by atoms with van der Waals surface area (Å²) in [6.07, 6.45) is 1.94. The minimum atomic E-state index is -0.0443. The van der Waals surface area contributed by atoms with Crippen LogP contribution in [0.25, 0.3) is 0 Å². The lowest BCUT2D eigenvalue weighted by Gasteiger charge is -2.44. The largest absolute Gasteiger partial charge is 0.361 e. The maximum atomic E-state index is 4.14. The van der Waals surface area contributed by atoms with Crippen molar-refractivity contribution in [1.29, 1.82) is 0 Å². The lowest BCUT2D eigenvalue weighted by Crippen LogP contribution is -2.49. The highest BCUT2D eigenvalue weighted by Crippen LogP contribution is 2.41. The van der Waals surface area contributed by atoms with Crippen molar-refractivity contribution in [2.75, 3.05) is 7.05 Å². The molecule has 1 fully saturated rings. The van der Waals surface area contributed by atoms with Gasteiger partial charge in [-0.25, -0.2) is 0 Å². The zero-order valence-electron chi connectivity index (χ0n) is 10.2. The Kier molecular flexibility index (Phi) is 3.36. The lowest BCUT2D eigenvalue weighted by atomic mass is 9.86. The number of thiophene rings is 1. The molecule has 1 atom stereocenters. The van der Waals surface area contributed by atoms with Crippen molar-refractivity contribution in [3.05, 3.63) is 45.5 Å². The monoisotopic (exact) mass is 312 g/mol. The third-order valence-corrected chi connectivity index (χ3v) is 5.31. The normalized spacial score (nSPS) is 25.0. The summed E-state index contributed by atoms with van der Waals surface area (Å²) in [5.74, 6) is 0.924. The minimum absolute atomic E-state index is 0.0443. The van der Waals surface area contributed by atoms with Crippen molar-refractivity contribution in [1.82, 2.24) is 10.2 Å². The van der Waals surface area contributed by atoms with Gasteiger partial charge >= 0.3 is 0 Å². The smallest absolute Gasteiger partial charge is 0.0985 e. The maximum Gasteiger partial charge on any atom is 0.0985 e. The van der Waals surface area contributed by atoms with E-state index in [-0.39, 0.29) is 5.54 Å². The van der Waals surface area contributed by atoms with E-state index in [1.807, 2.05) is 11.9 Å². The first kappa shape index (κ1) is 12.7. The summed E-state index contributed by atoms with van der Waals surface area (Å²) in [5, 5.41) is 5.67. The van der Waals surface area contributed by atoms with E-state index in [9.17, 15) is 0 Å². The molecule has 1 aliphatic heterocycles. The molecular weight excluding hydrogens is 296 g/mol. The predicted molar refractivity (Wildman–Crippen MR) is 77.8 cm³/mol. The van der Waals surface area contributed by atoms with Crippen molar-refractivity contribution in [2.45, 2.75) is 25.3 Å². The number of hydrogen-bond donors (Lipinski definition) is 1. The van der Waals surface area contributed by atoms with Crippen molar-refractivity contribution < 1.29 is 0 Å². The molecule has 1 aromatic rings. The molecule has 0 aromatic carbocycles. The Morgan fingerprint density at radius 3 is 2.76 bits per heavy atom. The predicted octanol–water partition coefficient (Wildman–Crippen LogP) is 4.03. The Morgan fingerprint density at radius 2 is 2.29 bits per heavy atom. The average Bonchev–Trinajstić information content (AvgIpc) is 2.72. The molecule has 2 nitrogen and oxygen atoms in total. The van der Waals surface area contributed by atoms with Crippen LogP contribution in [0.1, 0.15) is 24.6 Å². The topological polar surface area (TPSA) is 15.3 Å². The first-order valence-electron chi connectivity index (χ1n) is 5.61. The van der Waals surface area contributed by atoms with Crippen LogP contribution >= 0.6 is 27.3 Å². The summed E-state index contributed by atoms with van der Waals surface area (Å²) in [6, 6.07) is 2.19. The van der Waals surface area contributed by atoms with E-state index in [2.05, 4.69) is 52.8 Å². The second-order valence-electron chi connectivity index (χ2n) is 4.44. The van der Waals surface area contributed by atoms with E-state index in [0.717, 1.165) is 28.8 Å². The second kappa shape index (κ2) is 4.50. The molecule has 0 radical (unpaired) electrons. The van der Waals surface area contributed by atoms with Crippen molar-refractivity contribution in [3.8, 4) is 0 Å². The summed E-state index contributed by atoms with van der Waals surface area (Å²) < 4.78 is 1.14. The van der Waals surface area contributed by atoms with Crippen LogP contribution in [-0.4, -0.2) is 11.9 Å². The highest BCUT2D eigenvalue weighted by Gasteiger charge is 2.37. The summed E-state index contributed by atoms with van der Waals surface area (Å²) in [7, 11) is 2.00. The molecule has 1 N–H and O–H groups in total. The van der Waals surface area contributed by atoms with Crippen LogP contribution in [-0.2, 0) is 5.54 Å². The van der Waals surface area contributed by atoms with E-state index in [1.54, 1.807) is 11.3 Å². The third kappa shape index (κ3) is 2.16. The van der Waals surface area contributed by atoms with Gasteiger partial charge in [-0.3, -0.25) is 0 Å². The summed E-state index contributed by atoms with van der Waals surface area (Å²) >= 11 is 5.30. The molecule has 2 rings (SSSR count). The Morgan fingerprint density at radius 1 is 1.59 bits per heavy atom. The third-order valence-electron chi connectivity index (χ3n) is 3.41. The van der Waals surface area contributed by atoms with Gasteiger partial charge in [-0.1, -0.05) is 20.1 Å². The number of nitrogens with one attached hydrogen (secondary N) is 1. The Labute approximate surface area is 115 Å². The van der Waals surface area contributed by atoms with Gasteiger partial charge in [-0.15, -0.1) is 11.3 Å². The van der Waals surface area contributed by atoms with Crippen LogP contribution in [0, 0.1) is 0 Å². The summed E-state index contributed by atoms with van der Waals surface area (Å²) in [4.78, 5) is 3.36. The van der Waals surface area contributed by atoms with Crippen LogP contribution < -0.4 is 5.32 Å². The van der Waals surface area contributed by atoms with Gasteiger partial charge in [-0.2, -0.15) is 0 Å². The van der Waals surface area contributed by atoms with Gasteiger partial charge in [0.2, 0.25) is 0 Å². The highest BCUT2D eigenvalue weighted by molar-refractivity contribution is 9.10. The minimum Gasteiger partial charge on any atom is -0.361 e. The van der Waals surface area contributed by atoms with Gasteiger partial charge in [0, 0.05) is 33.9 Å². The molecule has 0 spiro atoms. The fraction of sp³-hybridized carbons (Fsp3) is 0.385. The van der Waals surface area contributed by atoms with Crippen LogP contribution in [0.4, 0.5) is 0 Å². The maximum absolute atomic E-state index is 4.14. The molecule has 4 heteroatoms. The fourth-order valence-corrected chi connectivity index (χ4v) is 3.82. The van der Waals surface area contributed by atoms with E-state index in [1.165, 1.54) is 4.88 Å². The molecule has 0 aliphatic carbocycles. The Bertz CT molecular complexity index is 446. The van der Waals surface area contributed by atoms with Crippen molar-refractivity contribution in [3.63, 3.8) is 0 Å². The quantitative estimate of drug-likeness (QED) is 0.887. The first-order valence-corrected chi connectivity index (χ1v) is 7.29. The lowest BCUT2D eigenvalue weighted by molar-refractivity contribution is 0.245. The standard InChI is InChI=1S/C13H17BrN2S/c1-5-13(12-6-11(14)8-17-12)7-9(2)16(4)10(3)15-13/h6,8,15H,2-3,5,7H2,1,4H3. The molecule has 1 aliphatic rings. The van der Waals surface area contributed by atoms with E-state index in [4.69, 9.17) is 0 Å².